The zero-order chi connectivity index (χ0) is 21.4. The first-order chi connectivity index (χ1) is 13.8. The lowest BCUT2D eigenvalue weighted by Crippen LogP contribution is -2.12. The second kappa shape index (κ2) is 10.5. The molecule has 7 heteroatoms. The summed E-state index contributed by atoms with van der Waals surface area (Å²) in [4.78, 5) is 24.1. The topological polar surface area (TPSA) is 71.1 Å². The summed E-state index contributed by atoms with van der Waals surface area (Å²) in [6, 6.07) is 9.90. The van der Waals surface area contributed by atoms with E-state index < -0.39 is 12.6 Å². The highest BCUT2D eigenvalue weighted by atomic mass is 35.5. The van der Waals surface area contributed by atoms with Crippen LogP contribution >= 0.6 is 11.6 Å². The van der Waals surface area contributed by atoms with E-state index in [2.05, 4.69) is 0 Å². The molecule has 0 bridgehead atoms. The summed E-state index contributed by atoms with van der Waals surface area (Å²) in [5.41, 5.74) is 1.06. The molecule has 0 unspecified atom stereocenters. The van der Waals surface area contributed by atoms with Crippen LogP contribution in [0.2, 0.25) is 5.02 Å². The lowest BCUT2D eigenvalue weighted by atomic mass is 10.1. The van der Waals surface area contributed by atoms with E-state index in [1.807, 2.05) is 13.8 Å². The molecule has 0 atom stereocenters. The van der Waals surface area contributed by atoms with E-state index in [0.29, 0.717) is 27.8 Å². The molecule has 0 aromatic heterocycles. The first kappa shape index (κ1) is 22.3. The summed E-state index contributed by atoms with van der Waals surface area (Å²) >= 11 is 6.00. The van der Waals surface area contributed by atoms with Gasteiger partial charge in [-0.05, 0) is 55.8 Å². The standard InChI is InChI=1S/C22H23ClO6/c1-14(2)29-20-8-5-15(11-21(20)27-4)6-10-22(25)28-13-18(24)16-7-9-19(26-3)17(23)12-16/h5-12,14H,13H2,1-4H3/b10-6+. The van der Waals surface area contributed by atoms with Gasteiger partial charge in [0.1, 0.15) is 5.75 Å². The van der Waals surface area contributed by atoms with Gasteiger partial charge in [0.25, 0.3) is 0 Å². The van der Waals surface area contributed by atoms with Crippen LogP contribution in [-0.2, 0) is 9.53 Å². The van der Waals surface area contributed by atoms with Gasteiger partial charge in [0.15, 0.2) is 23.9 Å². The first-order valence-electron chi connectivity index (χ1n) is 8.90. The van der Waals surface area contributed by atoms with Crippen LogP contribution < -0.4 is 14.2 Å². The van der Waals surface area contributed by atoms with Gasteiger partial charge in [0.2, 0.25) is 0 Å². The molecule has 29 heavy (non-hydrogen) atoms. The molecule has 2 aromatic carbocycles. The molecule has 2 aromatic rings. The third kappa shape index (κ3) is 6.54. The summed E-state index contributed by atoms with van der Waals surface area (Å²) < 4.78 is 21.0. The van der Waals surface area contributed by atoms with Gasteiger partial charge in [-0.15, -0.1) is 0 Å². The number of hydrogen-bond donors (Lipinski definition) is 0. The minimum Gasteiger partial charge on any atom is -0.495 e. The van der Waals surface area contributed by atoms with Crippen molar-refractivity contribution in [3.05, 3.63) is 58.6 Å². The van der Waals surface area contributed by atoms with Gasteiger partial charge in [0.05, 0.1) is 25.3 Å². The fraction of sp³-hybridized carbons (Fsp3) is 0.273. The predicted molar refractivity (Wildman–Crippen MR) is 111 cm³/mol. The molecular weight excluding hydrogens is 396 g/mol. The highest BCUT2D eigenvalue weighted by Gasteiger charge is 2.11. The van der Waals surface area contributed by atoms with Gasteiger partial charge in [-0.3, -0.25) is 4.79 Å². The highest BCUT2D eigenvalue weighted by molar-refractivity contribution is 6.32. The van der Waals surface area contributed by atoms with E-state index in [9.17, 15) is 9.59 Å². The van der Waals surface area contributed by atoms with Gasteiger partial charge in [-0.1, -0.05) is 17.7 Å². The van der Waals surface area contributed by atoms with E-state index in [1.165, 1.54) is 19.3 Å². The quantitative estimate of drug-likeness (QED) is 0.337. The van der Waals surface area contributed by atoms with Crippen LogP contribution in [0.3, 0.4) is 0 Å². The van der Waals surface area contributed by atoms with Crippen LogP contribution in [0.5, 0.6) is 17.2 Å². The van der Waals surface area contributed by atoms with E-state index in [1.54, 1.807) is 43.5 Å². The van der Waals surface area contributed by atoms with Crippen molar-refractivity contribution >= 4 is 29.4 Å². The Morgan fingerprint density at radius 3 is 2.31 bits per heavy atom. The summed E-state index contributed by atoms with van der Waals surface area (Å²) in [5, 5.41) is 0.309. The molecule has 0 amide bonds. The number of carbonyl (C=O) groups excluding carboxylic acids is 2. The molecule has 2 rings (SSSR count). The summed E-state index contributed by atoms with van der Waals surface area (Å²) in [5.74, 6) is 0.628. The number of hydrogen-bond acceptors (Lipinski definition) is 6. The van der Waals surface area contributed by atoms with E-state index in [-0.39, 0.29) is 11.9 Å². The molecular formula is C22H23ClO6. The van der Waals surface area contributed by atoms with Gasteiger partial charge in [-0.2, -0.15) is 0 Å². The van der Waals surface area contributed by atoms with E-state index in [0.717, 1.165) is 5.56 Å². The minimum absolute atomic E-state index is 0.0124. The normalized spacial score (nSPS) is 10.8. The molecule has 0 radical (unpaired) electrons. The van der Waals surface area contributed by atoms with Crippen LogP contribution in [0, 0.1) is 0 Å². The van der Waals surface area contributed by atoms with Crippen molar-refractivity contribution in [1.29, 1.82) is 0 Å². The molecule has 0 N–H and O–H groups in total. The molecule has 0 heterocycles. The fourth-order valence-corrected chi connectivity index (χ4v) is 2.67. The Morgan fingerprint density at radius 1 is 1.00 bits per heavy atom. The van der Waals surface area contributed by atoms with Crippen molar-refractivity contribution < 1.29 is 28.5 Å². The van der Waals surface area contributed by atoms with Crippen molar-refractivity contribution in [2.45, 2.75) is 20.0 Å². The van der Waals surface area contributed by atoms with Crippen molar-refractivity contribution in [2.24, 2.45) is 0 Å². The number of ketones is 1. The average molecular weight is 419 g/mol. The van der Waals surface area contributed by atoms with Crippen molar-refractivity contribution in [3.63, 3.8) is 0 Å². The van der Waals surface area contributed by atoms with Crippen molar-refractivity contribution in [3.8, 4) is 17.2 Å². The second-order valence-corrected chi connectivity index (χ2v) is 6.70. The maximum absolute atomic E-state index is 12.2. The number of esters is 1. The Hall–Kier alpha value is -2.99. The molecule has 0 fully saturated rings. The highest BCUT2D eigenvalue weighted by Crippen LogP contribution is 2.29. The third-order valence-corrected chi connectivity index (χ3v) is 4.08. The van der Waals surface area contributed by atoms with Gasteiger partial charge >= 0.3 is 5.97 Å². The lowest BCUT2D eigenvalue weighted by molar-refractivity contribution is -0.136. The molecule has 0 aliphatic heterocycles. The Bertz CT molecular complexity index is 904. The Balaban J connectivity index is 1.95. The van der Waals surface area contributed by atoms with Crippen LogP contribution in [0.25, 0.3) is 6.08 Å². The number of benzene rings is 2. The van der Waals surface area contributed by atoms with Gasteiger partial charge in [-0.25, -0.2) is 4.79 Å². The second-order valence-electron chi connectivity index (χ2n) is 6.29. The molecule has 154 valence electrons. The molecule has 6 nitrogen and oxygen atoms in total. The summed E-state index contributed by atoms with van der Waals surface area (Å²) in [6.07, 6.45) is 2.82. The van der Waals surface area contributed by atoms with E-state index in [4.69, 9.17) is 30.5 Å². The SMILES string of the molecule is COc1ccc(C(=O)COC(=O)/C=C/c2ccc(OC(C)C)c(OC)c2)cc1Cl. The number of Topliss-reactive ketones (excluding diaryl/α,β-unsaturated/α-hetero) is 1. The molecule has 0 saturated carbocycles. The maximum Gasteiger partial charge on any atom is 0.331 e. The Kier molecular flexibility index (Phi) is 8.09. The largest absolute Gasteiger partial charge is 0.495 e. The lowest BCUT2D eigenvalue weighted by Gasteiger charge is -2.13. The number of carbonyl (C=O) groups is 2. The number of rotatable bonds is 9. The average Bonchev–Trinajstić information content (AvgIpc) is 2.70. The number of halogens is 1. The van der Waals surface area contributed by atoms with E-state index >= 15 is 0 Å². The zero-order valence-electron chi connectivity index (χ0n) is 16.7. The van der Waals surface area contributed by atoms with Crippen LogP contribution in [0.4, 0.5) is 0 Å². The fourth-order valence-electron chi connectivity index (χ4n) is 2.41. The summed E-state index contributed by atoms with van der Waals surface area (Å²) in [7, 11) is 3.03. The van der Waals surface area contributed by atoms with Crippen LogP contribution in [-0.4, -0.2) is 38.7 Å². The van der Waals surface area contributed by atoms with Crippen molar-refractivity contribution in [2.75, 3.05) is 20.8 Å². The first-order valence-corrected chi connectivity index (χ1v) is 9.28. The number of ether oxygens (including phenoxy) is 4. The molecule has 0 aliphatic carbocycles. The predicted octanol–water partition coefficient (Wildman–Crippen LogP) is 4.58. The monoisotopic (exact) mass is 418 g/mol. The zero-order valence-corrected chi connectivity index (χ0v) is 17.5. The van der Waals surface area contributed by atoms with Gasteiger partial charge < -0.3 is 18.9 Å². The molecule has 0 spiro atoms. The minimum atomic E-state index is -0.639. The van der Waals surface area contributed by atoms with Crippen LogP contribution in [0.15, 0.2) is 42.5 Å². The summed E-state index contributed by atoms with van der Waals surface area (Å²) in [6.45, 7) is 3.45. The van der Waals surface area contributed by atoms with Crippen LogP contribution in [0.1, 0.15) is 29.8 Å². The molecule has 0 saturated heterocycles. The third-order valence-electron chi connectivity index (χ3n) is 3.78. The van der Waals surface area contributed by atoms with Crippen molar-refractivity contribution in [1.82, 2.24) is 0 Å². The number of methoxy groups -OCH3 is 2. The maximum atomic E-state index is 12.2. The van der Waals surface area contributed by atoms with Gasteiger partial charge in [0, 0.05) is 11.6 Å². The smallest absolute Gasteiger partial charge is 0.331 e. The Labute approximate surface area is 175 Å². The molecule has 0 aliphatic rings. The Morgan fingerprint density at radius 2 is 1.69 bits per heavy atom.